The molecule has 2 amide bonds. The van der Waals surface area contributed by atoms with Crippen LogP contribution in [0.3, 0.4) is 0 Å². The van der Waals surface area contributed by atoms with Crippen molar-refractivity contribution in [3.05, 3.63) is 59.7 Å². The topological polar surface area (TPSA) is 108 Å². The van der Waals surface area contributed by atoms with Crippen LogP contribution in [0, 0.1) is 0 Å². The van der Waals surface area contributed by atoms with E-state index in [1.165, 1.54) is 26.1 Å². The second-order valence-electron chi connectivity index (χ2n) is 6.18. The van der Waals surface area contributed by atoms with Crippen molar-refractivity contribution in [2.75, 3.05) is 22.9 Å². The minimum absolute atomic E-state index is 0.176. The first-order valence-corrected chi connectivity index (χ1v) is 10.2. The fraction of sp³-hybridized carbons (Fsp3) is 0.211. The van der Waals surface area contributed by atoms with Crippen LogP contribution in [0.2, 0.25) is 0 Å². The van der Waals surface area contributed by atoms with Gasteiger partial charge in [-0.05, 0) is 48.9 Å². The smallest absolute Gasteiger partial charge is 0.271 e. The Kier molecular flexibility index (Phi) is 6.53. The van der Waals surface area contributed by atoms with Crippen LogP contribution in [-0.4, -0.2) is 39.2 Å². The number of hydrogen-bond donors (Lipinski definition) is 2. The highest BCUT2D eigenvalue weighted by Gasteiger charge is 2.13. The van der Waals surface area contributed by atoms with E-state index in [4.69, 9.17) is 0 Å². The third kappa shape index (κ3) is 5.65. The van der Waals surface area contributed by atoms with E-state index in [1.54, 1.807) is 37.3 Å². The Labute approximate surface area is 164 Å². The summed E-state index contributed by atoms with van der Waals surface area (Å²) < 4.78 is 24.2. The molecule has 0 bridgehead atoms. The van der Waals surface area contributed by atoms with E-state index >= 15 is 0 Å². The number of nitrogens with zero attached hydrogens (tertiary/aromatic N) is 2. The van der Waals surface area contributed by atoms with Crippen molar-refractivity contribution in [1.82, 2.24) is 5.43 Å². The quantitative estimate of drug-likeness (QED) is 0.570. The summed E-state index contributed by atoms with van der Waals surface area (Å²) in [6.45, 7) is 3.16. The van der Waals surface area contributed by atoms with Gasteiger partial charge in [0.15, 0.2) is 0 Å². The molecule has 2 aromatic rings. The highest BCUT2D eigenvalue weighted by molar-refractivity contribution is 7.92. The Hall–Kier alpha value is -3.20. The molecule has 0 heterocycles. The van der Waals surface area contributed by atoms with Gasteiger partial charge < -0.3 is 5.32 Å². The molecule has 148 valence electrons. The molecule has 0 spiro atoms. The van der Waals surface area contributed by atoms with Gasteiger partial charge in [-0.25, -0.2) is 13.8 Å². The average molecular weight is 402 g/mol. The SMILES string of the molecule is CC(=O)Nc1cccc(/C(C)=N\NC(=O)c2ccc(N(C)S(C)(=O)=O)cc2)c1. The molecule has 0 atom stereocenters. The van der Waals surface area contributed by atoms with E-state index in [2.05, 4.69) is 15.8 Å². The maximum Gasteiger partial charge on any atom is 0.271 e. The summed E-state index contributed by atoms with van der Waals surface area (Å²) in [7, 11) is -1.93. The summed E-state index contributed by atoms with van der Waals surface area (Å²) in [4.78, 5) is 23.4. The summed E-state index contributed by atoms with van der Waals surface area (Å²) in [6, 6.07) is 13.2. The second-order valence-corrected chi connectivity index (χ2v) is 8.19. The number of benzene rings is 2. The predicted octanol–water partition coefficient (Wildman–Crippen LogP) is 2.19. The number of sulfonamides is 1. The summed E-state index contributed by atoms with van der Waals surface area (Å²) >= 11 is 0. The Morgan fingerprint density at radius 2 is 1.64 bits per heavy atom. The van der Waals surface area contributed by atoms with Gasteiger partial charge in [-0.3, -0.25) is 13.9 Å². The van der Waals surface area contributed by atoms with Gasteiger partial charge in [-0.1, -0.05) is 12.1 Å². The fourth-order valence-corrected chi connectivity index (χ4v) is 2.81. The van der Waals surface area contributed by atoms with Crippen LogP contribution in [0.5, 0.6) is 0 Å². The molecule has 0 aliphatic heterocycles. The Bertz CT molecular complexity index is 1010. The van der Waals surface area contributed by atoms with E-state index in [1.807, 2.05) is 6.07 Å². The number of rotatable bonds is 6. The number of carbonyl (C=O) groups excluding carboxylic acids is 2. The zero-order chi connectivity index (χ0) is 20.9. The second kappa shape index (κ2) is 8.66. The fourth-order valence-electron chi connectivity index (χ4n) is 2.30. The van der Waals surface area contributed by atoms with Gasteiger partial charge in [-0.15, -0.1) is 0 Å². The first-order chi connectivity index (χ1) is 13.1. The number of nitrogens with one attached hydrogen (secondary N) is 2. The van der Waals surface area contributed by atoms with Gasteiger partial charge in [0.05, 0.1) is 17.7 Å². The Morgan fingerprint density at radius 3 is 2.21 bits per heavy atom. The van der Waals surface area contributed by atoms with Crippen molar-refractivity contribution < 1.29 is 18.0 Å². The largest absolute Gasteiger partial charge is 0.326 e. The van der Waals surface area contributed by atoms with Crippen LogP contribution >= 0.6 is 0 Å². The molecule has 2 N–H and O–H groups in total. The van der Waals surface area contributed by atoms with Gasteiger partial charge in [0, 0.05) is 25.2 Å². The van der Waals surface area contributed by atoms with Crippen molar-refractivity contribution in [1.29, 1.82) is 0 Å². The van der Waals surface area contributed by atoms with Gasteiger partial charge >= 0.3 is 0 Å². The first-order valence-electron chi connectivity index (χ1n) is 8.34. The van der Waals surface area contributed by atoms with Crippen molar-refractivity contribution in [2.24, 2.45) is 5.10 Å². The standard InChI is InChI=1S/C19H22N4O4S/c1-13(16-6-5-7-17(12-16)20-14(2)24)21-22-19(25)15-8-10-18(11-9-15)23(3)28(4,26)27/h5-12H,1-4H3,(H,20,24)(H,22,25)/b21-13-. The minimum Gasteiger partial charge on any atom is -0.326 e. The number of anilines is 2. The maximum atomic E-state index is 12.3. The molecule has 2 rings (SSSR count). The summed E-state index contributed by atoms with van der Waals surface area (Å²) in [5.74, 6) is -0.601. The number of hydrazone groups is 1. The van der Waals surface area contributed by atoms with Crippen LogP contribution in [0.4, 0.5) is 11.4 Å². The van der Waals surface area contributed by atoms with Gasteiger partial charge in [0.25, 0.3) is 5.91 Å². The zero-order valence-corrected chi connectivity index (χ0v) is 16.9. The number of amides is 2. The van der Waals surface area contributed by atoms with Crippen LogP contribution in [0.15, 0.2) is 53.6 Å². The molecule has 0 radical (unpaired) electrons. The van der Waals surface area contributed by atoms with Crippen LogP contribution in [-0.2, 0) is 14.8 Å². The van der Waals surface area contributed by atoms with Crippen molar-refractivity contribution in [3.63, 3.8) is 0 Å². The summed E-state index contributed by atoms with van der Waals surface area (Å²) in [5.41, 5.74) is 5.21. The third-order valence-electron chi connectivity index (χ3n) is 3.92. The number of hydrogen-bond acceptors (Lipinski definition) is 5. The average Bonchev–Trinajstić information content (AvgIpc) is 2.64. The van der Waals surface area contributed by atoms with Gasteiger partial charge in [-0.2, -0.15) is 5.10 Å². The lowest BCUT2D eigenvalue weighted by molar-refractivity contribution is -0.114. The predicted molar refractivity (Wildman–Crippen MR) is 110 cm³/mol. The lowest BCUT2D eigenvalue weighted by Gasteiger charge is -2.16. The molecule has 0 unspecified atom stereocenters. The number of carbonyl (C=O) groups is 2. The molecule has 2 aromatic carbocycles. The van der Waals surface area contributed by atoms with E-state index in [9.17, 15) is 18.0 Å². The molecule has 28 heavy (non-hydrogen) atoms. The van der Waals surface area contributed by atoms with Gasteiger partial charge in [0.1, 0.15) is 0 Å². The van der Waals surface area contributed by atoms with E-state index in [0.29, 0.717) is 22.6 Å². The Morgan fingerprint density at radius 1 is 1.00 bits per heavy atom. The van der Waals surface area contributed by atoms with E-state index < -0.39 is 15.9 Å². The lowest BCUT2D eigenvalue weighted by atomic mass is 10.1. The highest BCUT2D eigenvalue weighted by Crippen LogP contribution is 2.16. The molecule has 0 aliphatic carbocycles. The van der Waals surface area contributed by atoms with Crippen LogP contribution in [0.25, 0.3) is 0 Å². The summed E-state index contributed by atoms with van der Waals surface area (Å²) in [5, 5.41) is 6.77. The van der Waals surface area contributed by atoms with Crippen molar-refractivity contribution >= 4 is 38.9 Å². The molecule has 0 saturated carbocycles. The Balaban J connectivity index is 2.09. The molecular weight excluding hydrogens is 380 g/mol. The highest BCUT2D eigenvalue weighted by atomic mass is 32.2. The molecule has 0 saturated heterocycles. The van der Waals surface area contributed by atoms with Crippen molar-refractivity contribution in [3.8, 4) is 0 Å². The van der Waals surface area contributed by atoms with Gasteiger partial charge in [0.2, 0.25) is 15.9 Å². The molecule has 8 nitrogen and oxygen atoms in total. The van der Waals surface area contributed by atoms with Crippen molar-refractivity contribution in [2.45, 2.75) is 13.8 Å². The van der Waals surface area contributed by atoms with E-state index in [-0.39, 0.29) is 5.91 Å². The molecule has 0 aliphatic rings. The zero-order valence-electron chi connectivity index (χ0n) is 16.1. The molecule has 9 heteroatoms. The third-order valence-corrected chi connectivity index (χ3v) is 5.12. The molecule has 0 aromatic heterocycles. The lowest BCUT2D eigenvalue weighted by Crippen LogP contribution is -2.25. The first kappa shape index (κ1) is 21.1. The van der Waals surface area contributed by atoms with Crippen LogP contribution < -0.4 is 15.0 Å². The molecular formula is C19H22N4O4S. The normalized spacial score (nSPS) is 11.6. The summed E-state index contributed by atoms with van der Waals surface area (Å²) in [6.07, 6.45) is 1.10. The maximum absolute atomic E-state index is 12.3. The molecule has 0 fully saturated rings. The van der Waals surface area contributed by atoms with E-state index in [0.717, 1.165) is 16.1 Å². The van der Waals surface area contributed by atoms with Crippen LogP contribution in [0.1, 0.15) is 29.8 Å². The monoisotopic (exact) mass is 402 g/mol. The minimum atomic E-state index is -3.37.